The van der Waals surface area contributed by atoms with Gasteiger partial charge in [0.1, 0.15) is 0 Å². The maximum absolute atomic E-state index is 12.4. The number of carbonyl (C=O) groups is 1. The fraction of sp³-hybridized carbons (Fsp3) is 0.923. The molecule has 17 heavy (non-hydrogen) atoms. The number of likely N-dealkylation sites (tertiary alicyclic amines) is 1. The predicted molar refractivity (Wildman–Crippen MR) is 73.3 cm³/mol. The normalized spacial score (nSPS) is 29.8. The fourth-order valence-electron chi connectivity index (χ4n) is 2.59. The van der Waals surface area contributed by atoms with Gasteiger partial charge in [-0.2, -0.15) is 11.8 Å². The molecule has 2 rings (SSSR count). The van der Waals surface area contributed by atoms with Crippen molar-refractivity contribution in [2.24, 2.45) is 5.41 Å². The van der Waals surface area contributed by atoms with Crippen LogP contribution in [0.1, 0.15) is 33.1 Å². The minimum Gasteiger partial charge on any atom is -0.341 e. The van der Waals surface area contributed by atoms with Gasteiger partial charge in [-0.3, -0.25) is 4.79 Å². The summed E-state index contributed by atoms with van der Waals surface area (Å²) >= 11 is 1.89. The predicted octanol–water partition coefficient (Wildman–Crippen LogP) is 1.73. The van der Waals surface area contributed by atoms with Gasteiger partial charge in [-0.05, 0) is 24.7 Å². The molecule has 2 aliphatic rings. The molecule has 0 aromatic heterocycles. The second kappa shape index (κ2) is 5.61. The Hall–Kier alpha value is -0.220. The lowest BCUT2D eigenvalue weighted by Crippen LogP contribution is -2.50. The van der Waals surface area contributed by atoms with Gasteiger partial charge in [-0.1, -0.05) is 13.8 Å². The summed E-state index contributed by atoms with van der Waals surface area (Å²) < 4.78 is 0. The van der Waals surface area contributed by atoms with Crippen LogP contribution in [0.25, 0.3) is 0 Å². The van der Waals surface area contributed by atoms with Crippen LogP contribution in [0, 0.1) is 5.41 Å². The molecule has 98 valence electrons. The van der Waals surface area contributed by atoms with E-state index >= 15 is 0 Å². The maximum Gasteiger partial charge on any atom is 0.240 e. The van der Waals surface area contributed by atoms with Crippen LogP contribution in [-0.2, 0) is 4.79 Å². The van der Waals surface area contributed by atoms with Crippen LogP contribution in [0.3, 0.4) is 0 Å². The van der Waals surface area contributed by atoms with E-state index in [9.17, 15) is 4.79 Å². The Labute approximate surface area is 109 Å². The van der Waals surface area contributed by atoms with Gasteiger partial charge in [-0.15, -0.1) is 0 Å². The molecule has 2 aliphatic heterocycles. The van der Waals surface area contributed by atoms with Crippen LogP contribution < -0.4 is 5.32 Å². The first-order valence-corrected chi connectivity index (χ1v) is 7.84. The highest BCUT2D eigenvalue weighted by atomic mass is 32.2. The lowest BCUT2D eigenvalue weighted by Gasteiger charge is -2.29. The van der Waals surface area contributed by atoms with Crippen molar-refractivity contribution >= 4 is 17.7 Å². The molecule has 1 atom stereocenters. The zero-order valence-electron chi connectivity index (χ0n) is 11.0. The molecule has 0 bridgehead atoms. The van der Waals surface area contributed by atoms with E-state index in [0.717, 1.165) is 44.0 Å². The van der Waals surface area contributed by atoms with Crippen molar-refractivity contribution < 1.29 is 4.79 Å². The van der Waals surface area contributed by atoms with Gasteiger partial charge in [0.2, 0.25) is 5.91 Å². The van der Waals surface area contributed by atoms with Crippen molar-refractivity contribution in [1.29, 1.82) is 0 Å². The van der Waals surface area contributed by atoms with Gasteiger partial charge in [-0.25, -0.2) is 0 Å². The molecule has 2 heterocycles. The average Bonchev–Trinajstić information content (AvgIpc) is 2.50. The van der Waals surface area contributed by atoms with Crippen LogP contribution in [0.4, 0.5) is 0 Å². The second-order valence-corrected chi connectivity index (χ2v) is 7.07. The number of thioether (sulfide) groups is 1. The van der Waals surface area contributed by atoms with Crippen molar-refractivity contribution in [2.75, 3.05) is 31.1 Å². The summed E-state index contributed by atoms with van der Waals surface area (Å²) in [6, 6.07) is 0.0648. The van der Waals surface area contributed by atoms with Gasteiger partial charge in [0, 0.05) is 31.1 Å². The van der Waals surface area contributed by atoms with Crippen molar-refractivity contribution in [2.45, 2.75) is 39.2 Å². The molecular weight excluding hydrogens is 232 g/mol. The first-order valence-electron chi connectivity index (χ1n) is 6.68. The Bertz CT molecular complexity index is 275. The Kier molecular flexibility index (Phi) is 4.36. The van der Waals surface area contributed by atoms with Crippen LogP contribution in [0.2, 0.25) is 0 Å². The zero-order valence-corrected chi connectivity index (χ0v) is 11.8. The van der Waals surface area contributed by atoms with E-state index in [0.29, 0.717) is 11.3 Å². The summed E-state index contributed by atoms with van der Waals surface area (Å²) in [5.74, 6) is 2.41. The number of carbonyl (C=O) groups excluding carboxylic acids is 1. The SMILES string of the molecule is CC1(C)CCCN(C(=O)C2CSCCN2)CC1. The largest absolute Gasteiger partial charge is 0.341 e. The zero-order chi connectivity index (χ0) is 12.3. The highest BCUT2D eigenvalue weighted by Crippen LogP contribution is 2.30. The summed E-state index contributed by atoms with van der Waals surface area (Å²) in [6.07, 6.45) is 3.53. The molecular formula is C13H24N2OS. The Morgan fingerprint density at radius 3 is 2.88 bits per heavy atom. The van der Waals surface area contributed by atoms with E-state index < -0.39 is 0 Å². The number of nitrogens with one attached hydrogen (secondary N) is 1. The number of amides is 1. The Balaban J connectivity index is 1.90. The minimum atomic E-state index is 0.0648. The third kappa shape index (κ3) is 3.62. The minimum absolute atomic E-state index is 0.0648. The van der Waals surface area contributed by atoms with Crippen LogP contribution >= 0.6 is 11.8 Å². The molecule has 0 radical (unpaired) electrons. The monoisotopic (exact) mass is 256 g/mol. The molecule has 1 amide bonds. The molecule has 0 spiro atoms. The third-order valence-electron chi connectivity index (χ3n) is 3.87. The molecule has 1 unspecified atom stereocenters. The van der Waals surface area contributed by atoms with Gasteiger partial charge >= 0.3 is 0 Å². The van der Waals surface area contributed by atoms with Crippen LogP contribution in [-0.4, -0.2) is 48.0 Å². The fourth-order valence-corrected chi connectivity index (χ4v) is 3.51. The van der Waals surface area contributed by atoms with E-state index in [1.165, 1.54) is 6.42 Å². The van der Waals surface area contributed by atoms with Gasteiger partial charge in [0.25, 0.3) is 0 Å². The number of hydrogen-bond acceptors (Lipinski definition) is 3. The summed E-state index contributed by atoms with van der Waals surface area (Å²) in [7, 11) is 0. The van der Waals surface area contributed by atoms with E-state index in [4.69, 9.17) is 0 Å². The van der Waals surface area contributed by atoms with Crippen molar-refractivity contribution in [3.8, 4) is 0 Å². The molecule has 2 saturated heterocycles. The molecule has 0 saturated carbocycles. The molecule has 3 nitrogen and oxygen atoms in total. The van der Waals surface area contributed by atoms with E-state index in [1.54, 1.807) is 0 Å². The molecule has 0 aromatic carbocycles. The lowest BCUT2D eigenvalue weighted by molar-refractivity contribution is -0.132. The topological polar surface area (TPSA) is 32.3 Å². The quantitative estimate of drug-likeness (QED) is 0.775. The van der Waals surface area contributed by atoms with E-state index in [2.05, 4.69) is 24.1 Å². The van der Waals surface area contributed by atoms with E-state index in [1.807, 2.05) is 11.8 Å². The van der Waals surface area contributed by atoms with Crippen LogP contribution in [0.5, 0.6) is 0 Å². The maximum atomic E-state index is 12.4. The standard InChI is InChI=1S/C13H24N2OS/c1-13(2)4-3-7-15(8-5-13)12(16)11-10-17-9-6-14-11/h11,14H,3-10H2,1-2H3. The molecule has 0 aromatic rings. The van der Waals surface area contributed by atoms with Crippen LogP contribution in [0.15, 0.2) is 0 Å². The molecule has 4 heteroatoms. The summed E-state index contributed by atoms with van der Waals surface area (Å²) in [4.78, 5) is 14.4. The highest BCUT2D eigenvalue weighted by molar-refractivity contribution is 7.99. The van der Waals surface area contributed by atoms with E-state index in [-0.39, 0.29) is 6.04 Å². The summed E-state index contributed by atoms with van der Waals surface area (Å²) in [5, 5.41) is 3.35. The third-order valence-corrected chi connectivity index (χ3v) is 4.93. The summed E-state index contributed by atoms with van der Waals surface area (Å²) in [6.45, 7) is 7.49. The molecule has 2 fully saturated rings. The lowest BCUT2D eigenvalue weighted by atomic mass is 9.85. The second-order valence-electron chi connectivity index (χ2n) is 5.92. The smallest absolute Gasteiger partial charge is 0.240 e. The van der Waals surface area contributed by atoms with Gasteiger partial charge < -0.3 is 10.2 Å². The van der Waals surface area contributed by atoms with Gasteiger partial charge in [0.05, 0.1) is 6.04 Å². The first kappa shape index (κ1) is 13.2. The molecule has 0 aliphatic carbocycles. The highest BCUT2D eigenvalue weighted by Gasteiger charge is 2.29. The Morgan fingerprint density at radius 1 is 1.35 bits per heavy atom. The van der Waals surface area contributed by atoms with Crippen molar-refractivity contribution in [3.05, 3.63) is 0 Å². The van der Waals surface area contributed by atoms with Crippen molar-refractivity contribution in [1.82, 2.24) is 10.2 Å². The number of hydrogen-bond donors (Lipinski definition) is 1. The number of nitrogens with zero attached hydrogens (tertiary/aromatic N) is 1. The van der Waals surface area contributed by atoms with Gasteiger partial charge in [0.15, 0.2) is 0 Å². The number of rotatable bonds is 1. The first-order chi connectivity index (χ1) is 8.08. The molecule has 1 N–H and O–H groups in total. The Morgan fingerprint density at radius 2 is 2.18 bits per heavy atom. The summed E-state index contributed by atoms with van der Waals surface area (Å²) in [5.41, 5.74) is 0.407. The van der Waals surface area contributed by atoms with Crippen molar-refractivity contribution in [3.63, 3.8) is 0 Å². The average molecular weight is 256 g/mol.